The molecule has 1 heterocycles. The number of benzene rings is 3. The number of ether oxygens (including phenoxy) is 1. The largest absolute Gasteiger partial charge is 0.494 e. The molecule has 0 aromatic heterocycles. The smallest absolute Gasteiger partial charge is 0.152 e. The maximum atomic E-state index is 5.92. The first-order valence-electron chi connectivity index (χ1n) is 8.50. The summed E-state index contributed by atoms with van der Waals surface area (Å²) in [5.74, 6) is 0.861. The second-order valence-electron chi connectivity index (χ2n) is 5.91. The van der Waals surface area contributed by atoms with Crippen molar-refractivity contribution in [3.63, 3.8) is 0 Å². The van der Waals surface area contributed by atoms with E-state index in [-0.39, 0.29) is 0 Å². The first-order valence-corrected chi connectivity index (χ1v) is 9.32. The quantitative estimate of drug-likeness (QED) is 0.594. The Labute approximate surface area is 158 Å². The zero-order valence-electron chi connectivity index (χ0n) is 14.5. The van der Waals surface area contributed by atoms with Crippen molar-refractivity contribution in [2.24, 2.45) is 0 Å². The molecule has 3 aromatic carbocycles. The Morgan fingerprint density at radius 2 is 1.15 bits per heavy atom. The van der Waals surface area contributed by atoms with Gasteiger partial charge < -0.3 is 9.46 Å². The van der Waals surface area contributed by atoms with Gasteiger partial charge in [0.2, 0.25) is 0 Å². The third-order valence-electron chi connectivity index (χ3n) is 4.30. The van der Waals surface area contributed by atoms with E-state index < -0.39 is 0 Å². The number of hydrogen-bond acceptors (Lipinski definition) is 3. The summed E-state index contributed by atoms with van der Waals surface area (Å²) in [5.41, 5.74) is 5.53. The van der Waals surface area contributed by atoms with Crippen molar-refractivity contribution in [1.82, 2.24) is 4.72 Å². The van der Waals surface area contributed by atoms with Crippen molar-refractivity contribution in [3.05, 3.63) is 113 Å². The van der Waals surface area contributed by atoms with Gasteiger partial charge in [0, 0.05) is 16.0 Å². The summed E-state index contributed by atoms with van der Waals surface area (Å²) in [7, 11) is 1.74. The molecular formula is C23H19NOS. The summed E-state index contributed by atoms with van der Waals surface area (Å²) >= 11 is 1.63. The Kier molecular flexibility index (Phi) is 4.80. The van der Waals surface area contributed by atoms with Gasteiger partial charge >= 0.3 is 0 Å². The van der Waals surface area contributed by atoms with Gasteiger partial charge in [0.05, 0.1) is 12.8 Å². The SMILES string of the molecule is COC1=C(c2ccccc2)NSC(c2ccccc2)=C1c1ccccc1. The second kappa shape index (κ2) is 7.54. The molecule has 0 bridgehead atoms. The first-order chi connectivity index (χ1) is 12.9. The average Bonchev–Trinajstić information content (AvgIpc) is 2.74. The summed E-state index contributed by atoms with van der Waals surface area (Å²) in [5, 5.41) is 0. The number of methoxy groups -OCH3 is 1. The highest BCUT2D eigenvalue weighted by molar-refractivity contribution is 8.07. The van der Waals surface area contributed by atoms with E-state index in [4.69, 9.17) is 4.74 Å². The maximum absolute atomic E-state index is 5.92. The van der Waals surface area contributed by atoms with Crippen LogP contribution in [0.3, 0.4) is 0 Å². The highest BCUT2D eigenvalue weighted by atomic mass is 32.2. The minimum atomic E-state index is 0.861. The standard InChI is InChI=1S/C23H19NOS/c1-25-22-20(17-11-5-2-6-12-17)23(19-15-9-4-10-16-19)26-24-21(22)18-13-7-3-8-14-18/h2-16,24H,1H3. The zero-order chi connectivity index (χ0) is 17.8. The van der Waals surface area contributed by atoms with Gasteiger partial charge in [-0.05, 0) is 23.1 Å². The fourth-order valence-electron chi connectivity index (χ4n) is 3.09. The zero-order valence-corrected chi connectivity index (χ0v) is 15.3. The van der Waals surface area contributed by atoms with E-state index in [1.165, 1.54) is 5.56 Å². The van der Waals surface area contributed by atoms with Gasteiger partial charge in [-0.1, -0.05) is 91.0 Å². The first kappa shape index (κ1) is 16.6. The Morgan fingerprint density at radius 1 is 0.654 bits per heavy atom. The lowest BCUT2D eigenvalue weighted by Gasteiger charge is -2.26. The van der Waals surface area contributed by atoms with E-state index in [1.54, 1.807) is 19.1 Å². The molecule has 0 fully saturated rings. The van der Waals surface area contributed by atoms with Gasteiger partial charge in [0.15, 0.2) is 5.76 Å². The van der Waals surface area contributed by atoms with Crippen molar-refractivity contribution in [2.75, 3.05) is 7.11 Å². The number of hydrogen-bond donors (Lipinski definition) is 1. The molecule has 0 aliphatic carbocycles. The molecule has 1 aliphatic rings. The minimum Gasteiger partial charge on any atom is -0.494 e. The predicted octanol–water partition coefficient (Wildman–Crippen LogP) is 5.82. The van der Waals surface area contributed by atoms with E-state index in [1.807, 2.05) is 30.3 Å². The van der Waals surface area contributed by atoms with Crippen LogP contribution in [0.1, 0.15) is 16.7 Å². The third kappa shape index (κ3) is 3.14. The molecule has 1 N–H and O–H groups in total. The summed E-state index contributed by atoms with van der Waals surface area (Å²) in [6, 6.07) is 31.2. The van der Waals surface area contributed by atoms with Crippen LogP contribution in [-0.4, -0.2) is 7.11 Å². The lowest BCUT2D eigenvalue weighted by Crippen LogP contribution is -2.14. The van der Waals surface area contributed by atoms with E-state index in [0.717, 1.165) is 33.1 Å². The fourth-order valence-corrected chi connectivity index (χ4v) is 4.07. The van der Waals surface area contributed by atoms with Crippen LogP contribution in [0.25, 0.3) is 16.2 Å². The molecule has 0 spiro atoms. The molecule has 2 nitrogen and oxygen atoms in total. The normalized spacial score (nSPS) is 14.2. The average molecular weight is 357 g/mol. The molecule has 0 unspecified atom stereocenters. The van der Waals surface area contributed by atoms with Crippen LogP contribution in [0.4, 0.5) is 0 Å². The molecule has 4 rings (SSSR count). The second-order valence-corrected chi connectivity index (χ2v) is 6.73. The van der Waals surface area contributed by atoms with Gasteiger partial charge in [-0.3, -0.25) is 0 Å². The van der Waals surface area contributed by atoms with Crippen LogP contribution in [-0.2, 0) is 4.74 Å². The molecule has 0 atom stereocenters. The Balaban J connectivity index is 1.97. The molecular weight excluding hydrogens is 338 g/mol. The molecule has 0 saturated carbocycles. The monoisotopic (exact) mass is 357 g/mol. The molecule has 0 saturated heterocycles. The summed E-state index contributed by atoms with van der Waals surface area (Å²) in [6.07, 6.45) is 0. The van der Waals surface area contributed by atoms with Crippen molar-refractivity contribution < 1.29 is 4.74 Å². The van der Waals surface area contributed by atoms with Crippen LogP contribution in [0.15, 0.2) is 96.8 Å². The molecule has 0 radical (unpaired) electrons. The maximum Gasteiger partial charge on any atom is 0.152 e. The number of allylic oxidation sites excluding steroid dienone is 1. The highest BCUT2D eigenvalue weighted by Gasteiger charge is 2.26. The van der Waals surface area contributed by atoms with Crippen LogP contribution >= 0.6 is 11.9 Å². The van der Waals surface area contributed by atoms with E-state index in [9.17, 15) is 0 Å². The highest BCUT2D eigenvalue weighted by Crippen LogP contribution is 2.44. The van der Waals surface area contributed by atoms with Crippen LogP contribution in [0.5, 0.6) is 0 Å². The summed E-state index contributed by atoms with van der Waals surface area (Å²) < 4.78 is 9.42. The Hall–Kier alpha value is -2.91. The Morgan fingerprint density at radius 3 is 1.69 bits per heavy atom. The molecule has 0 amide bonds. The lowest BCUT2D eigenvalue weighted by atomic mass is 9.97. The van der Waals surface area contributed by atoms with Crippen molar-refractivity contribution in [2.45, 2.75) is 0 Å². The van der Waals surface area contributed by atoms with Crippen LogP contribution in [0, 0.1) is 0 Å². The molecule has 1 aliphatic heterocycles. The van der Waals surface area contributed by atoms with Gasteiger partial charge in [0.25, 0.3) is 0 Å². The van der Waals surface area contributed by atoms with Gasteiger partial charge in [-0.2, -0.15) is 0 Å². The number of nitrogens with one attached hydrogen (secondary N) is 1. The summed E-state index contributed by atoms with van der Waals surface area (Å²) in [6.45, 7) is 0. The van der Waals surface area contributed by atoms with Crippen molar-refractivity contribution >= 4 is 28.1 Å². The van der Waals surface area contributed by atoms with Gasteiger partial charge in [-0.25, -0.2) is 0 Å². The number of rotatable bonds is 4. The topological polar surface area (TPSA) is 21.3 Å². The lowest BCUT2D eigenvalue weighted by molar-refractivity contribution is 0.312. The predicted molar refractivity (Wildman–Crippen MR) is 111 cm³/mol. The van der Waals surface area contributed by atoms with Crippen molar-refractivity contribution in [1.29, 1.82) is 0 Å². The molecule has 26 heavy (non-hydrogen) atoms. The Bertz CT molecular complexity index is 947. The molecule has 128 valence electrons. The minimum absolute atomic E-state index is 0.861. The van der Waals surface area contributed by atoms with E-state index in [2.05, 4.69) is 65.4 Å². The summed E-state index contributed by atoms with van der Waals surface area (Å²) in [4.78, 5) is 1.16. The van der Waals surface area contributed by atoms with E-state index in [0.29, 0.717) is 0 Å². The third-order valence-corrected chi connectivity index (χ3v) is 5.25. The van der Waals surface area contributed by atoms with Gasteiger partial charge in [-0.15, -0.1) is 0 Å². The van der Waals surface area contributed by atoms with Gasteiger partial charge in [0.1, 0.15) is 0 Å². The molecule has 3 heteroatoms. The molecule has 3 aromatic rings. The van der Waals surface area contributed by atoms with E-state index >= 15 is 0 Å². The fraction of sp³-hybridized carbons (Fsp3) is 0.0435. The van der Waals surface area contributed by atoms with Crippen LogP contribution in [0.2, 0.25) is 0 Å². The van der Waals surface area contributed by atoms with Crippen molar-refractivity contribution in [3.8, 4) is 0 Å². The van der Waals surface area contributed by atoms with Crippen LogP contribution < -0.4 is 4.72 Å².